The summed E-state index contributed by atoms with van der Waals surface area (Å²) in [6.07, 6.45) is 13.0. The Morgan fingerprint density at radius 2 is 1.97 bits per heavy atom. The highest BCUT2D eigenvalue weighted by atomic mass is 16.5. The predicted octanol–water partition coefficient (Wildman–Crippen LogP) is 4.86. The second-order valence-electron chi connectivity index (χ2n) is 8.99. The Morgan fingerprint density at radius 1 is 1.12 bits per heavy atom. The lowest BCUT2D eigenvalue weighted by atomic mass is 9.89. The van der Waals surface area contributed by atoms with Gasteiger partial charge in [-0.1, -0.05) is 19.8 Å². The molecular formula is C25H26N6O. The van der Waals surface area contributed by atoms with Crippen LogP contribution >= 0.6 is 0 Å². The number of fused-ring (bicyclic) bond motifs is 1. The minimum Gasteiger partial charge on any atom is -0.378 e. The monoisotopic (exact) mass is 426 g/mol. The SMILES string of the molecule is COCc1cn2ccc(-c3nc(C#N)ccc3-c3cnn(CC4(C)CCCC4)c3)cc2n1. The summed E-state index contributed by atoms with van der Waals surface area (Å²) >= 11 is 0. The largest absolute Gasteiger partial charge is 0.378 e. The molecule has 4 aromatic rings. The van der Waals surface area contributed by atoms with E-state index >= 15 is 0 Å². The van der Waals surface area contributed by atoms with E-state index < -0.39 is 0 Å². The van der Waals surface area contributed by atoms with E-state index in [-0.39, 0.29) is 0 Å². The van der Waals surface area contributed by atoms with E-state index in [0.717, 1.165) is 40.3 Å². The second kappa shape index (κ2) is 8.21. The van der Waals surface area contributed by atoms with Crippen molar-refractivity contribution in [2.75, 3.05) is 7.11 Å². The van der Waals surface area contributed by atoms with Crippen molar-refractivity contribution >= 4 is 5.65 Å². The van der Waals surface area contributed by atoms with Gasteiger partial charge in [0.1, 0.15) is 17.4 Å². The third-order valence-electron chi connectivity index (χ3n) is 6.38. The van der Waals surface area contributed by atoms with Crippen molar-refractivity contribution in [3.8, 4) is 28.5 Å². The Morgan fingerprint density at radius 3 is 2.75 bits per heavy atom. The minimum atomic E-state index is 0.320. The number of methoxy groups -OCH3 is 1. The van der Waals surface area contributed by atoms with Crippen molar-refractivity contribution < 1.29 is 4.74 Å². The molecule has 0 saturated heterocycles. The normalized spacial score (nSPS) is 15.3. The van der Waals surface area contributed by atoms with Crippen molar-refractivity contribution in [3.05, 3.63) is 60.4 Å². The van der Waals surface area contributed by atoms with Crippen LogP contribution in [0.15, 0.2) is 49.1 Å². The molecule has 32 heavy (non-hydrogen) atoms. The molecule has 1 saturated carbocycles. The lowest BCUT2D eigenvalue weighted by Gasteiger charge is -2.22. The summed E-state index contributed by atoms with van der Waals surface area (Å²) in [6.45, 7) is 3.74. The highest BCUT2D eigenvalue weighted by molar-refractivity contribution is 5.81. The number of rotatable bonds is 6. The predicted molar refractivity (Wildman–Crippen MR) is 122 cm³/mol. The maximum absolute atomic E-state index is 9.44. The quantitative estimate of drug-likeness (QED) is 0.440. The van der Waals surface area contributed by atoms with Gasteiger partial charge in [0.15, 0.2) is 0 Å². The molecule has 1 aliphatic carbocycles. The molecule has 0 spiro atoms. The van der Waals surface area contributed by atoms with Crippen LogP contribution in [0.3, 0.4) is 0 Å². The van der Waals surface area contributed by atoms with Gasteiger partial charge in [-0.05, 0) is 42.5 Å². The molecule has 0 aromatic carbocycles. The van der Waals surface area contributed by atoms with Crippen LogP contribution in [0.1, 0.15) is 44.0 Å². The highest BCUT2D eigenvalue weighted by Crippen LogP contribution is 2.39. The van der Waals surface area contributed by atoms with E-state index in [2.05, 4.69) is 38.9 Å². The van der Waals surface area contributed by atoms with E-state index in [9.17, 15) is 5.26 Å². The topological polar surface area (TPSA) is 81.0 Å². The van der Waals surface area contributed by atoms with Gasteiger partial charge in [-0.15, -0.1) is 0 Å². The zero-order valence-corrected chi connectivity index (χ0v) is 18.5. The maximum Gasteiger partial charge on any atom is 0.141 e. The standard InChI is InChI=1S/C25H26N6O/c1-25(8-3-4-9-25)17-31-14-19(13-27-31)22-6-5-20(12-26)29-24(22)18-7-10-30-15-21(16-32-2)28-23(30)11-18/h5-7,10-11,13-15H,3-4,8-9,16-17H2,1-2H3. The van der Waals surface area contributed by atoms with Crippen molar-refractivity contribution in [1.29, 1.82) is 5.26 Å². The van der Waals surface area contributed by atoms with Crippen molar-refractivity contribution in [2.24, 2.45) is 5.41 Å². The van der Waals surface area contributed by atoms with Gasteiger partial charge in [0.05, 0.1) is 24.2 Å². The van der Waals surface area contributed by atoms with Crippen molar-refractivity contribution in [2.45, 2.75) is 45.8 Å². The summed E-state index contributed by atoms with van der Waals surface area (Å²) < 4.78 is 9.22. The maximum atomic E-state index is 9.44. The second-order valence-corrected chi connectivity index (χ2v) is 8.99. The first-order valence-corrected chi connectivity index (χ1v) is 11.0. The number of hydrogen-bond acceptors (Lipinski definition) is 5. The van der Waals surface area contributed by atoms with Crippen molar-refractivity contribution in [3.63, 3.8) is 0 Å². The summed E-state index contributed by atoms with van der Waals surface area (Å²) in [5.41, 5.74) is 6.02. The zero-order valence-electron chi connectivity index (χ0n) is 18.5. The molecule has 4 aromatic heterocycles. The van der Waals surface area contributed by atoms with Gasteiger partial charge in [-0.2, -0.15) is 10.4 Å². The van der Waals surface area contributed by atoms with E-state index in [0.29, 0.717) is 17.7 Å². The first-order valence-electron chi connectivity index (χ1n) is 11.0. The van der Waals surface area contributed by atoms with Gasteiger partial charge in [-0.3, -0.25) is 4.68 Å². The van der Waals surface area contributed by atoms with E-state index in [4.69, 9.17) is 4.74 Å². The molecule has 0 N–H and O–H groups in total. The lowest BCUT2D eigenvalue weighted by Crippen LogP contribution is -2.19. The van der Waals surface area contributed by atoms with E-state index in [1.165, 1.54) is 25.7 Å². The molecule has 0 unspecified atom stereocenters. The summed E-state index contributed by atoms with van der Waals surface area (Å²) in [6, 6.07) is 9.89. The number of ether oxygens (including phenoxy) is 1. The smallest absolute Gasteiger partial charge is 0.141 e. The number of hydrogen-bond donors (Lipinski definition) is 0. The molecule has 0 atom stereocenters. The van der Waals surface area contributed by atoms with Crippen LogP contribution in [0.25, 0.3) is 28.0 Å². The number of aromatic nitrogens is 5. The molecule has 0 amide bonds. The fourth-order valence-electron chi connectivity index (χ4n) is 4.74. The summed E-state index contributed by atoms with van der Waals surface area (Å²) in [5.74, 6) is 0. The lowest BCUT2D eigenvalue weighted by molar-refractivity contribution is 0.182. The molecular weight excluding hydrogens is 400 g/mol. The fourth-order valence-corrected chi connectivity index (χ4v) is 4.74. The molecule has 7 heteroatoms. The molecule has 1 fully saturated rings. The molecule has 0 bridgehead atoms. The van der Waals surface area contributed by atoms with Crippen LogP contribution in [0.4, 0.5) is 0 Å². The number of nitriles is 1. The van der Waals surface area contributed by atoms with Crippen LogP contribution in [0.5, 0.6) is 0 Å². The fraction of sp³-hybridized carbons (Fsp3) is 0.360. The Hall–Kier alpha value is -3.50. The zero-order chi connectivity index (χ0) is 22.1. The third kappa shape index (κ3) is 3.90. The minimum absolute atomic E-state index is 0.320. The summed E-state index contributed by atoms with van der Waals surface area (Å²) in [7, 11) is 1.66. The van der Waals surface area contributed by atoms with Gasteiger partial charge >= 0.3 is 0 Å². The number of pyridine rings is 2. The molecule has 4 heterocycles. The van der Waals surface area contributed by atoms with Gasteiger partial charge in [0.25, 0.3) is 0 Å². The Labute approximate surface area is 187 Å². The molecule has 1 aliphatic rings. The summed E-state index contributed by atoms with van der Waals surface area (Å²) in [4.78, 5) is 9.29. The summed E-state index contributed by atoms with van der Waals surface area (Å²) in [5, 5.41) is 14.1. The highest BCUT2D eigenvalue weighted by Gasteiger charge is 2.29. The first-order chi connectivity index (χ1) is 15.6. The first kappa shape index (κ1) is 20.4. The van der Waals surface area contributed by atoms with E-state index in [1.807, 2.05) is 41.2 Å². The number of nitrogens with zero attached hydrogens (tertiary/aromatic N) is 6. The third-order valence-corrected chi connectivity index (χ3v) is 6.38. The average molecular weight is 427 g/mol. The Kier molecular flexibility index (Phi) is 5.24. The van der Waals surface area contributed by atoms with Crippen LogP contribution in [-0.4, -0.2) is 31.3 Å². The number of imidazole rings is 1. The Balaban J connectivity index is 1.54. The Bertz CT molecular complexity index is 1310. The van der Waals surface area contributed by atoms with Gasteiger partial charge in [-0.25, -0.2) is 9.97 Å². The van der Waals surface area contributed by atoms with Crippen LogP contribution in [0, 0.1) is 16.7 Å². The molecule has 5 rings (SSSR count). The van der Waals surface area contributed by atoms with Crippen LogP contribution in [-0.2, 0) is 17.9 Å². The molecule has 162 valence electrons. The van der Waals surface area contributed by atoms with Gasteiger partial charge in [0.2, 0.25) is 0 Å². The van der Waals surface area contributed by atoms with Gasteiger partial charge in [0, 0.05) is 48.9 Å². The van der Waals surface area contributed by atoms with Crippen LogP contribution in [0.2, 0.25) is 0 Å². The molecule has 0 aliphatic heterocycles. The van der Waals surface area contributed by atoms with E-state index in [1.54, 1.807) is 13.2 Å². The molecule has 7 nitrogen and oxygen atoms in total. The molecule has 0 radical (unpaired) electrons. The van der Waals surface area contributed by atoms with Gasteiger partial charge < -0.3 is 9.14 Å². The van der Waals surface area contributed by atoms with Crippen molar-refractivity contribution in [1.82, 2.24) is 24.1 Å². The van der Waals surface area contributed by atoms with Crippen LogP contribution < -0.4 is 0 Å². The average Bonchev–Trinajstić information content (AvgIpc) is 3.53.